The Bertz CT molecular complexity index is 1100. The minimum absolute atomic E-state index is 0.331. The topological polar surface area (TPSA) is 58.8 Å². The molecule has 26 heavy (non-hydrogen) atoms. The van der Waals surface area contributed by atoms with Crippen molar-refractivity contribution in [3.05, 3.63) is 65.5 Å². The van der Waals surface area contributed by atoms with Gasteiger partial charge in [0.05, 0.1) is 17.2 Å². The molecule has 3 aromatic heterocycles. The zero-order chi connectivity index (χ0) is 17.9. The zero-order valence-electron chi connectivity index (χ0n) is 14.1. The smallest absolute Gasteiger partial charge is 0.234 e. The van der Waals surface area contributed by atoms with Gasteiger partial charge in [-0.1, -0.05) is 36.4 Å². The van der Waals surface area contributed by atoms with Crippen molar-refractivity contribution in [1.29, 1.82) is 5.26 Å². The van der Waals surface area contributed by atoms with Crippen LogP contribution in [-0.4, -0.2) is 16.6 Å². The van der Waals surface area contributed by atoms with Crippen molar-refractivity contribution in [3.63, 3.8) is 0 Å². The molecule has 4 aromatic rings. The molecule has 0 saturated carbocycles. The fourth-order valence-corrected chi connectivity index (χ4v) is 3.63. The van der Waals surface area contributed by atoms with Crippen molar-refractivity contribution < 1.29 is 4.74 Å². The minimum atomic E-state index is 0.331. The predicted molar refractivity (Wildman–Crippen MR) is 104 cm³/mol. The third-order valence-corrected chi connectivity index (χ3v) is 4.94. The van der Waals surface area contributed by atoms with E-state index >= 15 is 0 Å². The Balaban J connectivity index is 2.04. The molecule has 0 aliphatic carbocycles. The van der Waals surface area contributed by atoms with Crippen LogP contribution >= 0.6 is 11.3 Å². The third kappa shape index (κ3) is 2.81. The van der Waals surface area contributed by atoms with E-state index in [1.54, 1.807) is 11.3 Å². The van der Waals surface area contributed by atoms with E-state index in [1.807, 2.05) is 66.9 Å². The second-order valence-corrected chi connectivity index (χ2v) is 6.57. The lowest BCUT2D eigenvalue weighted by Gasteiger charge is -2.13. The van der Waals surface area contributed by atoms with Gasteiger partial charge < -0.3 is 4.74 Å². The summed E-state index contributed by atoms with van der Waals surface area (Å²) in [7, 11) is 0. The fourth-order valence-electron chi connectivity index (χ4n) is 2.93. The SMILES string of the molecule is CCOc1nc2nc(-c3cccs3)ccc2c(-c2ccccc2)c1C#N. The maximum absolute atomic E-state index is 9.76. The monoisotopic (exact) mass is 357 g/mol. The Kier molecular flexibility index (Phi) is 4.34. The van der Waals surface area contributed by atoms with Crippen LogP contribution in [0.15, 0.2) is 60.0 Å². The second kappa shape index (κ2) is 6.95. The number of nitriles is 1. The van der Waals surface area contributed by atoms with Crippen molar-refractivity contribution in [2.45, 2.75) is 6.92 Å². The normalized spacial score (nSPS) is 10.6. The zero-order valence-corrected chi connectivity index (χ0v) is 15.0. The Morgan fingerprint density at radius 2 is 1.88 bits per heavy atom. The average molecular weight is 357 g/mol. The van der Waals surface area contributed by atoms with Crippen molar-refractivity contribution >= 4 is 22.4 Å². The number of rotatable bonds is 4. The first-order valence-electron chi connectivity index (χ1n) is 8.28. The molecule has 4 rings (SSSR count). The van der Waals surface area contributed by atoms with Gasteiger partial charge >= 0.3 is 0 Å². The van der Waals surface area contributed by atoms with E-state index in [0.29, 0.717) is 23.7 Å². The predicted octanol–water partition coefficient (Wildman–Crippen LogP) is 5.30. The maximum Gasteiger partial charge on any atom is 0.234 e. The number of thiophene rings is 1. The largest absolute Gasteiger partial charge is 0.477 e. The number of fused-ring (bicyclic) bond motifs is 1. The molecule has 4 nitrogen and oxygen atoms in total. The van der Waals surface area contributed by atoms with Gasteiger partial charge in [0.1, 0.15) is 11.6 Å². The molecule has 0 unspecified atom stereocenters. The second-order valence-electron chi connectivity index (χ2n) is 5.62. The van der Waals surface area contributed by atoms with Gasteiger partial charge in [-0.2, -0.15) is 10.2 Å². The van der Waals surface area contributed by atoms with E-state index in [0.717, 1.165) is 27.1 Å². The lowest BCUT2D eigenvalue weighted by molar-refractivity contribution is 0.327. The Morgan fingerprint density at radius 3 is 2.58 bits per heavy atom. The lowest BCUT2D eigenvalue weighted by atomic mass is 9.97. The van der Waals surface area contributed by atoms with Gasteiger partial charge in [0.25, 0.3) is 0 Å². The molecule has 0 N–H and O–H groups in total. The fraction of sp³-hybridized carbons (Fsp3) is 0.0952. The van der Waals surface area contributed by atoms with Gasteiger partial charge in [-0.15, -0.1) is 11.3 Å². The molecule has 0 radical (unpaired) electrons. The highest BCUT2D eigenvalue weighted by Gasteiger charge is 2.19. The summed E-state index contributed by atoms with van der Waals surface area (Å²) < 4.78 is 5.66. The minimum Gasteiger partial charge on any atom is -0.477 e. The van der Waals surface area contributed by atoms with E-state index in [-0.39, 0.29) is 0 Å². The lowest BCUT2D eigenvalue weighted by Crippen LogP contribution is -2.02. The van der Waals surface area contributed by atoms with Gasteiger partial charge in [-0.3, -0.25) is 0 Å². The molecule has 0 saturated heterocycles. The first-order chi connectivity index (χ1) is 12.8. The summed E-state index contributed by atoms with van der Waals surface area (Å²) in [6, 6.07) is 20.1. The molecule has 0 amide bonds. The van der Waals surface area contributed by atoms with E-state index < -0.39 is 0 Å². The van der Waals surface area contributed by atoms with Crippen LogP contribution in [0.2, 0.25) is 0 Å². The Morgan fingerprint density at radius 1 is 1.04 bits per heavy atom. The first-order valence-corrected chi connectivity index (χ1v) is 9.16. The molecule has 0 aliphatic rings. The van der Waals surface area contributed by atoms with Gasteiger partial charge in [0, 0.05) is 10.9 Å². The van der Waals surface area contributed by atoms with Gasteiger partial charge in [0.15, 0.2) is 5.65 Å². The summed E-state index contributed by atoms with van der Waals surface area (Å²) in [6.45, 7) is 2.32. The Labute approximate surface area is 155 Å². The van der Waals surface area contributed by atoms with Gasteiger partial charge in [-0.05, 0) is 36.1 Å². The molecule has 0 fully saturated rings. The van der Waals surface area contributed by atoms with Crippen LogP contribution in [0.4, 0.5) is 0 Å². The summed E-state index contributed by atoms with van der Waals surface area (Å²) in [5, 5.41) is 12.6. The molecule has 0 atom stereocenters. The van der Waals surface area contributed by atoms with Crippen LogP contribution in [0.3, 0.4) is 0 Å². The summed E-state index contributed by atoms with van der Waals surface area (Å²) in [6.07, 6.45) is 0. The Hall–Kier alpha value is -3.23. The quantitative estimate of drug-likeness (QED) is 0.497. The van der Waals surface area contributed by atoms with Crippen LogP contribution in [0.5, 0.6) is 5.88 Å². The highest BCUT2D eigenvalue weighted by Crippen LogP contribution is 2.36. The molecule has 1 aromatic carbocycles. The number of hydrogen-bond donors (Lipinski definition) is 0. The van der Waals surface area contributed by atoms with Crippen molar-refractivity contribution in [1.82, 2.24) is 9.97 Å². The first kappa shape index (κ1) is 16.2. The summed E-state index contributed by atoms with van der Waals surface area (Å²) in [4.78, 5) is 10.4. The molecule has 0 aliphatic heterocycles. The maximum atomic E-state index is 9.76. The third-order valence-electron chi connectivity index (χ3n) is 4.04. The highest BCUT2D eigenvalue weighted by atomic mass is 32.1. The van der Waals surface area contributed by atoms with Gasteiger partial charge in [-0.25, -0.2) is 4.98 Å². The van der Waals surface area contributed by atoms with Crippen LogP contribution in [0, 0.1) is 11.3 Å². The van der Waals surface area contributed by atoms with Crippen molar-refractivity contribution in [3.8, 4) is 33.6 Å². The standard InChI is InChI=1S/C21H15N3OS/c1-2-25-21-16(13-22)19(14-7-4-3-5-8-14)15-10-11-17(23-20(15)24-21)18-9-6-12-26-18/h3-12H,2H2,1H3. The highest BCUT2D eigenvalue weighted by molar-refractivity contribution is 7.13. The average Bonchev–Trinajstić information content (AvgIpc) is 3.22. The molecular formula is C21H15N3OS. The molecule has 5 heteroatoms. The molecule has 0 spiro atoms. The van der Waals surface area contributed by atoms with E-state index in [2.05, 4.69) is 11.1 Å². The number of hydrogen-bond acceptors (Lipinski definition) is 5. The number of ether oxygens (including phenoxy) is 1. The molecular weight excluding hydrogens is 342 g/mol. The molecule has 126 valence electrons. The summed E-state index contributed by atoms with van der Waals surface area (Å²) >= 11 is 1.63. The molecule has 0 bridgehead atoms. The van der Waals surface area contributed by atoms with E-state index in [1.165, 1.54) is 0 Å². The number of aromatic nitrogens is 2. The summed E-state index contributed by atoms with van der Waals surface area (Å²) in [5.74, 6) is 0.331. The number of benzene rings is 1. The van der Waals surface area contributed by atoms with Gasteiger partial charge in [0.2, 0.25) is 5.88 Å². The summed E-state index contributed by atoms with van der Waals surface area (Å²) in [5.41, 5.74) is 3.65. The van der Waals surface area contributed by atoms with Crippen LogP contribution in [-0.2, 0) is 0 Å². The van der Waals surface area contributed by atoms with E-state index in [4.69, 9.17) is 9.72 Å². The van der Waals surface area contributed by atoms with E-state index in [9.17, 15) is 5.26 Å². The van der Waals surface area contributed by atoms with Crippen LogP contribution < -0.4 is 4.74 Å². The van der Waals surface area contributed by atoms with Crippen LogP contribution in [0.1, 0.15) is 12.5 Å². The van der Waals surface area contributed by atoms with Crippen molar-refractivity contribution in [2.24, 2.45) is 0 Å². The van der Waals surface area contributed by atoms with Crippen LogP contribution in [0.25, 0.3) is 32.7 Å². The number of nitrogens with zero attached hydrogens (tertiary/aromatic N) is 3. The molecule has 3 heterocycles. The van der Waals surface area contributed by atoms with Crippen molar-refractivity contribution in [2.75, 3.05) is 6.61 Å². The number of pyridine rings is 2.